The number of aryl methyl sites for hydroxylation is 1. The fraction of sp³-hybridized carbons (Fsp3) is 0.481. The Hall–Kier alpha value is -3.21. The lowest BCUT2D eigenvalue weighted by Gasteiger charge is -2.36. The maximum absolute atomic E-state index is 13.5. The molecule has 1 aromatic carbocycles. The first kappa shape index (κ1) is 27.8. The van der Waals surface area contributed by atoms with Crippen molar-refractivity contribution >= 4 is 16.7 Å². The van der Waals surface area contributed by atoms with Crippen LogP contribution in [0.25, 0.3) is 10.9 Å². The average molecular weight is 540 g/mol. The van der Waals surface area contributed by atoms with E-state index in [1.165, 1.54) is 13.0 Å². The quantitative estimate of drug-likeness (QED) is 0.278. The summed E-state index contributed by atoms with van der Waals surface area (Å²) in [5, 5.41) is 3.21. The van der Waals surface area contributed by atoms with Gasteiger partial charge in [0.2, 0.25) is 0 Å². The van der Waals surface area contributed by atoms with Gasteiger partial charge in [-0.2, -0.15) is 22.0 Å². The van der Waals surface area contributed by atoms with E-state index in [9.17, 15) is 31.5 Å². The first-order valence-corrected chi connectivity index (χ1v) is 12.5. The molecule has 3 aromatic rings. The minimum atomic E-state index is -4.34. The van der Waals surface area contributed by atoms with E-state index in [1.54, 1.807) is 25.1 Å². The second-order valence-electron chi connectivity index (χ2n) is 9.85. The summed E-state index contributed by atoms with van der Waals surface area (Å²) in [6.07, 6.45) is -4.10. The normalized spacial score (nSPS) is 19.2. The Bertz CT molecular complexity index is 1380. The highest BCUT2D eigenvalue weighted by atomic mass is 19.4. The van der Waals surface area contributed by atoms with Crippen molar-refractivity contribution < 1.29 is 31.5 Å². The smallest absolute Gasteiger partial charge is 0.403 e. The van der Waals surface area contributed by atoms with E-state index in [4.69, 9.17) is 0 Å². The molecule has 38 heavy (non-hydrogen) atoms. The maximum atomic E-state index is 13.5. The molecule has 2 aromatic heterocycles. The monoisotopic (exact) mass is 539 g/mol. The van der Waals surface area contributed by atoms with Gasteiger partial charge in [-0.3, -0.25) is 9.59 Å². The summed E-state index contributed by atoms with van der Waals surface area (Å²) in [5.74, 6) is -0.835. The zero-order chi connectivity index (χ0) is 27.8. The highest BCUT2D eigenvalue weighted by Crippen LogP contribution is 2.38. The first-order valence-electron chi connectivity index (χ1n) is 12.5. The summed E-state index contributed by atoms with van der Waals surface area (Å²) in [6, 6.07) is 6.60. The van der Waals surface area contributed by atoms with Crippen LogP contribution in [0.5, 0.6) is 5.75 Å². The van der Waals surface area contributed by atoms with Crippen molar-refractivity contribution in [2.45, 2.75) is 71.3 Å². The molecule has 3 heterocycles. The molecule has 11 heteroatoms. The summed E-state index contributed by atoms with van der Waals surface area (Å²) >= 11 is 0. The van der Waals surface area contributed by atoms with Crippen molar-refractivity contribution in [1.29, 1.82) is 0 Å². The Morgan fingerprint density at radius 3 is 2.61 bits per heavy atom. The Kier molecular flexibility index (Phi) is 7.96. The third kappa shape index (κ3) is 5.62. The number of benzene rings is 1. The van der Waals surface area contributed by atoms with Gasteiger partial charge in [0.15, 0.2) is 5.78 Å². The number of rotatable bonds is 8. The second-order valence-corrected chi connectivity index (χ2v) is 9.85. The molecular weight excluding hydrogens is 509 g/mol. The number of aromatic nitrogens is 2. The van der Waals surface area contributed by atoms with Crippen LogP contribution in [0.4, 0.5) is 22.0 Å². The number of pyridine rings is 1. The molecule has 206 valence electrons. The number of halogens is 5. The third-order valence-corrected chi connectivity index (χ3v) is 7.41. The zero-order valence-electron chi connectivity index (χ0n) is 21.3. The predicted octanol–water partition coefficient (Wildman–Crippen LogP) is 5.85. The molecule has 2 N–H and O–H groups in total. The summed E-state index contributed by atoms with van der Waals surface area (Å²) in [5.41, 5.74) is 1.46. The van der Waals surface area contributed by atoms with Crippen molar-refractivity contribution in [1.82, 2.24) is 14.9 Å². The number of carbonyl (C=O) groups excluding carboxylic acids is 1. The largest absolute Gasteiger partial charge is 0.434 e. The number of hydrogen-bond donors (Lipinski definition) is 2. The van der Waals surface area contributed by atoms with Gasteiger partial charge in [0.25, 0.3) is 5.56 Å². The van der Waals surface area contributed by atoms with Gasteiger partial charge in [-0.25, -0.2) is 0 Å². The molecule has 1 saturated heterocycles. The van der Waals surface area contributed by atoms with Crippen molar-refractivity contribution in [3.63, 3.8) is 0 Å². The fourth-order valence-corrected chi connectivity index (χ4v) is 5.60. The molecule has 1 aliphatic heterocycles. The zero-order valence-corrected chi connectivity index (χ0v) is 21.3. The molecule has 0 radical (unpaired) electrons. The van der Waals surface area contributed by atoms with E-state index in [-0.39, 0.29) is 54.9 Å². The average Bonchev–Trinajstić information content (AvgIpc) is 3.13. The summed E-state index contributed by atoms with van der Waals surface area (Å²) < 4.78 is 72.5. The highest BCUT2D eigenvalue weighted by Gasteiger charge is 2.43. The molecule has 0 spiro atoms. The van der Waals surface area contributed by atoms with Crippen LogP contribution in [-0.4, -0.2) is 40.7 Å². The van der Waals surface area contributed by atoms with Crippen LogP contribution >= 0.6 is 0 Å². The second kappa shape index (κ2) is 10.9. The molecular formula is C27H30F5N3O3. The minimum Gasteiger partial charge on any atom is -0.434 e. The fourth-order valence-electron chi connectivity index (χ4n) is 5.60. The number of para-hydroxylation sites is 1. The molecule has 3 unspecified atom stereocenters. The molecule has 3 atom stereocenters. The minimum absolute atomic E-state index is 0.0492. The van der Waals surface area contributed by atoms with Crippen LogP contribution in [0.3, 0.4) is 0 Å². The lowest BCUT2D eigenvalue weighted by atomic mass is 9.86. The molecule has 1 aliphatic rings. The van der Waals surface area contributed by atoms with Gasteiger partial charge in [-0.05, 0) is 64.6 Å². The van der Waals surface area contributed by atoms with Crippen molar-refractivity contribution in [3.05, 3.63) is 63.2 Å². The summed E-state index contributed by atoms with van der Waals surface area (Å²) in [7, 11) is 0. The Balaban J connectivity index is 1.65. The van der Waals surface area contributed by atoms with Gasteiger partial charge in [-0.1, -0.05) is 18.2 Å². The number of carbonyl (C=O) groups is 1. The number of Topliss-reactive ketones (excluding diaryl/α,β-unsaturated/α-hetero) is 1. The number of ether oxygens (including phenoxy) is 1. The number of fused-ring (bicyclic) bond motifs is 1. The number of alkyl halides is 5. The summed E-state index contributed by atoms with van der Waals surface area (Å²) in [6.45, 7) is 2.29. The molecule has 1 fully saturated rings. The molecule has 0 aliphatic carbocycles. The van der Waals surface area contributed by atoms with Crippen molar-refractivity contribution in [2.75, 3.05) is 6.54 Å². The van der Waals surface area contributed by atoms with E-state index >= 15 is 0 Å². The number of nitrogens with zero attached hydrogens (tertiary/aromatic N) is 1. The Labute approximate surface area is 216 Å². The van der Waals surface area contributed by atoms with Crippen LogP contribution in [0.2, 0.25) is 0 Å². The van der Waals surface area contributed by atoms with Crippen LogP contribution < -0.4 is 15.6 Å². The van der Waals surface area contributed by atoms with Crippen molar-refractivity contribution in [3.8, 4) is 5.75 Å². The molecule has 4 rings (SSSR count). The first-order chi connectivity index (χ1) is 17.9. The lowest BCUT2D eigenvalue weighted by Crippen LogP contribution is -2.48. The van der Waals surface area contributed by atoms with Gasteiger partial charge in [0.1, 0.15) is 11.8 Å². The van der Waals surface area contributed by atoms with Gasteiger partial charge in [0, 0.05) is 40.3 Å². The van der Waals surface area contributed by atoms with E-state index < -0.39 is 24.4 Å². The van der Waals surface area contributed by atoms with E-state index in [0.29, 0.717) is 28.8 Å². The van der Waals surface area contributed by atoms with Crippen LogP contribution in [0.1, 0.15) is 59.5 Å². The molecule has 6 nitrogen and oxygen atoms in total. The highest BCUT2D eigenvalue weighted by molar-refractivity contribution is 6.09. The number of piperidine rings is 1. The third-order valence-electron chi connectivity index (χ3n) is 7.41. The van der Waals surface area contributed by atoms with Crippen LogP contribution in [0.15, 0.2) is 35.1 Å². The van der Waals surface area contributed by atoms with Gasteiger partial charge in [-0.15, -0.1) is 0 Å². The Morgan fingerprint density at radius 1 is 1.21 bits per heavy atom. The number of hydrogen-bond acceptors (Lipinski definition) is 4. The van der Waals surface area contributed by atoms with Crippen LogP contribution in [0, 0.1) is 19.8 Å². The van der Waals surface area contributed by atoms with Gasteiger partial charge < -0.3 is 19.6 Å². The van der Waals surface area contributed by atoms with Gasteiger partial charge >= 0.3 is 12.8 Å². The standard InChI is InChI=1S/C27H30F5N3O3/c1-14-12-22(38-26(28)29)19(25(37)34-14)8-9-21(36)24-16(3)35(20-7-5-4-6-18(20)24)15(2)17-10-11-33-23(13-17)27(30,31)32/h4-7,12,15,17,23,26,33H,8-11,13H2,1-3H3,(H,34,37). The maximum Gasteiger partial charge on any atom is 0.403 e. The van der Waals surface area contributed by atoms with E-state index in [0.717, 1.165) is 5.52 Å². The number of aromatic amines is 1. The summed E-state index contributed by atoms with van der Waals surface area (Å²) in [4.78, 5) is 28.5. The van der Waals surface area contributed by atoms with E-state index in [1.807, 2.05) is 17.6 Å². The van der Waals surface area contributed by atoms with Crippen molar-refractivity contribution in [2.24, 2.45) is 5.92 Å². The van der Waals surface area contributed by atoms with Gasteiger partial charge in [0.05, 0.1) is 5.56 Å². The predicted molar refractivity (Wildman–Crippen MR) is 133 cm³/mol. The molecule has 0 bridgehead atoms. The molecule has 0 amide bonds. The number of H-pyrrole nitrogens is 1. The SMILES string of the molecule is Cc1cc(OC(F)F)c(CCC(=O)c2c(C)n(C(C)C3CCNC(C(F)(F)F)C3)c3ccccc23)c(=O)[nH]1. The number of nitrogens with one attached hydrogen (secondary N) is 2. The van der Waals surface area contributed by atoms with E-state index in [2.05, 4.69) is 15.0 Å². The lowest BCUT2D eigenvalue weighted by molar-refractivity contribution is -0.164. The van der Waals surface area contributed by atoms with Crippen LogP contribution in [-0.2, 0) is 6.42 Å². The number of ketones is 1. The molecule has 0 saturated carbocycles. The Morgan fingerprint density at radius 2 is 1.92 bits per heavy atom. The topological polar surface area (TPSA) is 76.1 Å².